The number of hydrogen-bond acceptors (Lipinski definition) is 3. The third kappa shape index (κ3) is 10.4. The van der Waals surface area contributed by atoms with E-state index in [9.17, 15) is 0 Å². The molecule has 5 heteroatoms. The molecule has 0 aliphatic rings. The molecule has 1 atom stereocenters. The first kappa shape index (κ1) is 22.5. The van der Waals surface area contributed by atoms with E-state index in [2.05, 4.69) is 53.4 Å². The molecule has 0 saturated heterocycles. The summed E-state index contributed by atoms with van der Waals surface area (Å²) in [5, 5.41) is 6.78. The predicted molar refractivity (Wildman–Crippen MR) is 112 cm³/mol. The van der Waals surface area contributed by atoms with Crippen molar-refractivity contribution in [2.45, 2.75) is 40.2 Å². The van der Waals surface area contributed by atoms with E-state index in [1.165, 1.54) is 18.5 Å². The largest absolute Gasteiger partial charge is 0.376 e. The van der Waals surface area contributed by atoms with Gasteiger partial charge in [0.25, 0.3) is 0 Å². The Morgan fingerprint density at radius 2 is 1.85 bits per heavy atom. The lowest BCUT2D eigenvalue weighted by molar-refractivity contribution is 0.0931. The van der Waals surface area contributed by atoms with E-state index in [0.29, 0.717) is 12.5 Å². The molecule has 0 bridgehead atoms. The van der Waals surface area contributed by atoms with Gasteiger partial charge in [0.1, 0.15) is 0 Å². The van der Waals surface area contributed by atoms with Gasteiger partial charge in [-0.05, 0) is 44.0 Å². The molecular weight excluding hydrogens is 324 g/mol. The zero-order chi connectivity index (χ0) is 19.0. The van der Waals surface area contributed by atoms with Crippen molar-refractivity contribution in [3.63, 3.8) is 0 Å². The molecule has 1 aromatic rings. The van der Waals surface area contributed by atoms with Crippen LogP contribution in [0.4, 0.5) is 0 Å². The average Bonchev–Trinajstić information content (AvgIpc) is 2.68. The highest BCUT2D eigenvalue weighted by Crippen LogP contribution is 2.02. The van der Waals surface area contributed by atoms with Crippen LogP contribution in [-0.2, 0) is 11.3 Å². The summed E-state index contributed by atoms with van der Waals surface area (Å²) in [5.41, 5.74) is 1.22. The van der Waals surface area contributed by atoms with Crippen LogP contribution in [0.2, 0.25) is 0 Å². The maximum Gasteiger partial charge on any atom is 0.190 e. The van der Waals surface area contributed by atoms with Crippen LogP contribution < -0.4 is 10.6 Å². The van der Waals surface area contributed by atoms with Crippen LogP contribution in [0, 0.1) is 5.92 Å². The Morgan fingerprint density at radius 1 is 1.12 bits per heavy atom. The van der Waals surface area contributed by atoms with E-state index < -0.39 is 0 Å². The van der Waals surface area contributed by atoms with Crippen molar-refractivity contribution in [2.75, 3.05) is 46.4 Å². The Balaban J connectivity index is 2.09. The molecule has 0 radical (unpaired) electrons. The summed E-state index contributed by atoms with van der Waals surface area (Å²) in [5.74, 6) is 1.31. The smallest absolute Gasteiger partial charge is 0.190 e. The molecule has 5 nitrogen and oxygen atoms in total. The molecule has 0 heterocycles. The highest BCUT2D eigenvalue weighted by Gasteiger charge is 2.05. The lowest BCUT2D eigenvalue weighted by Crippen LogP contribution is -2.40. The fraction of sp³-hybridized carbons (Fsp3) is 0.667. The Hall–Kier alpha value is -1.59. The second-order valence-corrected chi connectivity index (χ2v) is 6.72. The second-order valence-electron chi connectivity index (χ2n) is 6.72. The van der Waals surface area contributed by atoms with Gasteiger partial charge in [-0.3, -0.25) is 4.99 Å². The number of rotatable bonds is 13. The van der Waals surface area contributed by atoms with Crippen LogP contribution in [0.3, 0.4) is 0 Å². The van der Waals surface area contributed by atoms with Crippen LogP contribution in [0.15, 0.2) is 35.3 Å². The lowest BCUT2D eigenvalue weighted by Gasteiger charge is -2.18. The summed E-state index contributed by atoms with van der Waals surface area (Å²) in [6.07, 6.45) is 2.38. The van der Waals surface area contributed by atoms with Gasteiger partial charge in [-0.2, -0.15) is 0 Å². The highest BCUT2D eigenvalue weighted by molar-refractivity contribution is 5.79. The van der Waals surface area contributed by atoms with Gasteiger partial charge in [0.15, 0.2) is 5.96 Å². The maximum atomic E-state index is 5.80. The SMILES string of the molecule is CCN(CC)CCCCNC(=NC)NCC(C)COCc1ccccc1. The van der Waals surface area contributed by atoms with Gasteiger partial charge >= 0.3 is 0 Å². The number of ether oxygens (including phenoxy) is 1. The number of nitrogens with one attached hydrogen (secondary N) is 2. The summed E-state index contributed by atoms with van der Waals surface area (Å²) in [4.78, 5) is 6.76. The first-order chi connectivity index (χ1) is 12.7. The van der Waals surface area contributed by atoms with E-state index in [1.54, 1.807) is 0 Å². The Labute approximate surface area is 160 Å². The molecule has 2 N–H and O–H groups in total. The fourth-order valence-electron chi connectivity index (χ4n) is 2.71. The van der Waals surface area contributed by atoms with Crippen molar-refractivity contribution in [1.29, 1.82) is 0 Å². The standard InChI is InChI=1S/C21H38N4O/c1-5-25(6-2)15-11-10-14-23-21(22-4)24-16-19(3)17-26-18-20-12-8-7-9-13-20/h7-9,12-13,19H,5-6,10-11,14-18H2,1-4H3,(H2,22,23,24). The summed E-state index contributed by atoms with van der Waals surface area (Å²) in [7, 11) is 1.82. The van der Waals surface area contributed by atoms with Crippen LogP contribution in [0.5, 0.6) is 0 Å². The number of aliphatic imine (C=N–C) groups is 1. The number of unbranched alkanes of at least 4 members (excludes halogenated alkanes) is 1. The minimum absolute atomic E-state index is 0.430. The first-order valence-electron chi connectivity index (χ1n) is 9.98. The van der Waals surface area contributed by atoms with Crippen molar-refractivity contribution in [3.05, 3.63) is 35.9 Å². The second kappa shape index (κ2) is 14.6. The fourth-order valence-corrected chi connectivity index (χ4v) is 2.71. The van der Waals surface area contributed by atoms with E-state index in [0.717, 1.165) is 45.2 Å². The normalized spacial score (nSPS) is 13.0. The van der Waals surface area contributed by atoms with E-state index in [4.69, 9.17) is 4.74 Å². The monoisotopic (exact) mass is 362 g/mol. The van der Waals surface area contributed by atoms with Gasteiger partial charge < -0.3 is 20.3 Å². The number of guanidine groups is 1. The Bertz CT molecular complexity index is 474. The van der Waals surface area contributed by atoms with Crippen molar-refractivity contribution in [1.82, 2.24) is 15.5 Å². The van der Waals surface area contributed by atoms with Crippen molar-refractivity contribution >= 4 is 5.96 Å². The molecule has 0 fully saturated rings. The average molecular weight is 363 g/mol. The van der Waals surface area contributed by atoms with Crippen LogP contribution >= 0.6 is 0 Å². The van der Waals surface area contributed by atoms with Gasteiger partial charge in [-0.25, -0.2) is 0 Å². The summed E-state index contributed by atoms with van der Waals surface area (Å²) in [6, 6.07) is 10.3. The molecule has 0 spiro atoms. The molecule has 0 aliphatic carbocycles. The molecule has 0 aromatic heterocycles. The predicted octanol–water partition coefficient (Wildman–Crippen LogP) is 3.13. The molecule has 1 rings (SSSR count). The third-order valence-corrected chi connectivity index (χ3v) is 4.44. The quantitative estimate of drug-likeness (QED) is 0.322. The van der Waals surface area contributed by atoms with Gasteiger partial charge in [-0.1, -0.05) is 51.1 Å². The number of nitrogens with zero attached hydrogens (tertiary/aromatic N) is 2. The molecule has 0 saturated carbocycles. The van der Waals surface area contributed by atoms with Crippen LogP contribution in [-0.4, -0.2) is 57.2 Å². The van der Waals surface area contributed by atoms with Gasteiger partial charge in [0.2, 0.25) is 0 Å². The minimum Gasteiger partial charge on any atom is -0.376 e. The topological polar surface area (TPSA) is 48.9 Å². The maximum absolute atomic E-state index is 5.80. The summed E-state index contributed by atoms with van der Waals surface area (Å²) in [6.45, 7) is 13.3. The molecule has 0 amide bonds. The van der Waals surface area contributed by atoms with Gasteiger partial charge in [0, 0.05) is 20.1 Å². The van der Waals surface area contributed by atoms with Gasteiger partial charge in [-0.15, -0.1) is 0 Å². The molecule has 0 aliphatic heterocycles. The van der Waals surface area contributed by atoms with Crippen molar-refractivity contribution in [2.24, 2.45) is 10.9 Å². The molecule has 148 valence electrons. The summed E-state index contributed by atoms with van der Waals surface area (Å²) < 4.78 is 5.80. The number of hydrogen-bond donors (Lipinski definition) is 2. The van der Waals surface area contributed by atoms with Gasteiger partial charge in [0.05, 0.1) is 13.2 Å². The van der Waals surface area contributed by atoms with Crippen LogP contribution in [0.25, 0.3) is 0 Å². The van der Waals surface area contributed by atoms with Crippen molar-refractivity contribution < 1.29 is 4.74 Å². The molecule has 1 unspecified atom stereocenters. The molecule has 1 aromatic carbocycles. The first-order valence-corrected chi connectivity index (χ1v) is 9.98. The number of benzene rings is 1. The lowest BCUT2D eigenvalue weighted by atomic mass is 10.2. The molecular formula is C21H38N4O. The highest BCUT2D eigenvalue weighted by atomic mass is 16.5. The zero-order valence-corrected chi connectivity index (χ0v) is 17.1. The van der Waals surface area contributed by atoms with E-state index >= 15 is 0 Å². The third-order valence-electron chi connectivity index (χ3n) is 4.44. The Morgan fingerprint density at radius 3 is 2.50 bits per heavy atom. The van der Waals surface area contributed by atoms with E-state index in [1.807, 2.05) is 25.2 Å². The summed E-state index contributed by atoms with van der Waals surface area (Å²) >= 11 is 0. The van der Waals surface area contributed by atoms with E-state index in [-0.39, 0.29) is 0 Å². The zero-order valence-electron chi connectivity index (χ0n) is 17.1. The van der Waals surface area contributed by atoms with Crippen LogP contribution in [0.1, 0.15) is 39.2 Å². The minimum atomic E-state index is 0.430. The Kier molecular flexibility index (Phi) is 12.6. The molecule has 26 heavy (non-hydrogen) atoms. The van der Waals surface area contributed by atoms with Crippen molar-refractivity contribution in [3.8, 4) is 0 Å².